The first-order chi connectivity index (χ1) is 9.85. The molecule has 0 amide bonds. The van der Waals surface area contributed by atoms with E-state index in [0.717, 1.165) is 35.2 Å². The lowest BCUT2D eigenvalue weighted by Gasteiger charge is -2.08. The summed E-state index contributed by atoms with van der Waals surface area (Å²) in [5, 5.41) is 6.50. The Hall–Kier alpha value is -2.43. The normalized spacial score (nSPS) is 12.2. The molecule has 0 unspecified atom stereocenters. The second kappa shape index (κ2) is 5.69. The maximum absolute atomic E-state index is 5.37. The van der Waals surface area contributed by atoms with Crippen molar-refractivity contribution in [3.05, 3.63) is 42.0 Å². The quantitative estimate of drug-likeness (QED) is 0.875. The summed E-state index contributed by atoms with van der Waals surface area (Å²) in [6, 6.07) is 11.8. The zero-order chi connectivity index (χ0) is 13.8. The van der Waals surface area contributed by atoms with E-state index in [0.29, 0.717) is 13.3 Å². The first-order valence-electron chi connectivity index (χ1n) is 6.68. The maximum atomic E-state index is 5.37. The zero-order valence-electron chi connectivity index (χ0n) is 11.3. The van der Waals surface area contributed by atoms with Gasteiger partial charge >= 0.3 is 0 Å². The van der Waals surface area contributed by atoms with Gasteiger partial charge in [0.1, 0.15) is 11.6 Å². The highest BCUT2D eigenvalue weighted by Gasteiger charge is 2.12. The number of fused-ring (bicyclic) bond motifs is 1. The summed E-state index contributed by atoms with van der Waals surface area (Å²) in [4.78, 5) is 4.47. The predicted octanol–water partition coefficient (Wildman–Crippen LogP) is 2.85. The molecule has 5 nitrogen and oxygen atoms in total. The van der Waals surface area contributed by atoms with Crippen molar-refractivity contribution >= 4 is 11.6 Å². The monoisotopic (exact) mass is 271 g/mol. The molecule has 0 radical (unpaired) electrons. The molecule has 0 spiro atoms. The third kappa shape index (κ3) is 2.77. The standard InChI is InChI=1S/C15H17N3O2/c1-2-16-14-4-3-5-15(18-14)17-9-11-6-7-12-13(8-11)20-10-19-12/h3-8H,2,9-10H2,1H3,(H2,16,17,18). The summed E-state index contributed by atoms with van der Waals surface area (Å²) >= 11 is 0. The number of anilines is 2. The molecule has 104 valence electrons. The Bertz CT molecular complexity index is 601. The number of rotatable bonds is 5. The van der Waals surface area contributed by atoms with Crippen molar-refractivity contribution in [1.82, 2.24) is 4.98 Å². The molecular formula is C15H17N3O2. The largest absolute Gasteiger partial charge is 0.454 e. The van der Waals surface area contributed by atoms with Crippen LogP contribution in [0.4, 0.5) is 11.6 Å². The third-order valence-corrected chi connectivity index (χ3v) is 3.02. The van der Waals surface area contributed by atoms with Gasteiger partial charge < -0.3 is 20.1 Å². The molecule has 0 atom stereocenters. The predicted molar refractivity (Wildman–Crippen MR) is 78.3 cm³/mol. The van der Waals surface area contributed by atoms with Gasteiger partial charge in [-0.3, -0.25) is 0 Å². The highest BCUT2D eigenvalue weighted by molar-refractivity contribution is 5.47. The van der Waals surface area contributed by atoms with Gasteiger partial charge in [-0.2, -0.15) is 0 Å². The van der Waals surface area contributed by atoms with E-state index in [9.17, 15) is 0 Å². The number of ether oxygens (including phenoxy) is 2. The fourth-order valence-electron chi connectivity index (χ4n) is 2.06. The lowest BCUT2D eigenvalue weighted by Crippen LogP contribution is -2.04. The average Bonchev–Trinajstić information content (AvgIpc) is 2.93. The van der Waals surface area contributed by atoms with Crippen LogP contribution in [0.3, 0.4) is 0 Å². The smallest absolute Gasteiger partial charge is 0.231 e. The first kappa shape index (κ1) is 12.6. The molecule has 0 bridgehead atoms. The molecule has 20 heavy (non-hydrogen) atoms. The van der Waals surface area contributed by atoms with Gasteiger partial charge in [-0.05, 0) is 36.8 Å². The summed E-state index contributed by atoms with van der Waals surface area (Å²) in [7, 11) is 0. The van der Waals surface area contributed by atoms with E-state index in [2.05, 4.69) is 15.6 Å². The summed E-state index contributed by atoms with van der Waals surface area (Å²) in [5.74, 6) is 3.34. The SMILES string of the molecule is CCNc1cccc(NCc2ccc3c(c2)OCO3)n1. The highest BCUT2D eigenvalue weighted by Crippen LogP contribution is 2.32. The number of nitrogens with one attached hydrogen (secondary N) is 2. The van der Waals surface area contributed by atoms with Crippen LogP contribution in [0.25, 0.3) is 0 Å². The average molecular weight is 271 g/mol. The van der Waals surface area contributed by atoms with Crippen molar-refractivity contribution in [2.45, 2.75) is 13.5 Å². The molecular weight excluding hydrogens is 254 g/mol. The van der Waals surface area contributed by atoms with E-state index in [4.69, 9.17) is 9.47 Å². The van der Waals surface area contributed by atoms with E-state index >= 15 is 0 Å². The van der Waals surface area contributed by atoms with Gasteiger partial charge in [-0.1, -0.05) is 12.1 Å². The molecule has 1 aromatic carbocycles. The Morgan fingerprint density at radius 3 is 2.70 bits per heavy atom. The van der Waals surface area contributed by atoms with E-state index in [1.165, 1.54) is 0 Å². The maximum Gasteiger partial charge on any atom is 0.231 e. The number of pyridine rings is 1. The Kier molecular flexibility index (Phi) is 3.58. The molecule has 2 aromatic rings. The number of hydrogen-bond acceptors (Lipinski definition) is 5. The van der Waals surface area contributed by atoms with Gasteiger partial charge in [0.25, 0.3) is 0 Å². The molecule has 1 aliphatic heterocycles. The highest BCUT2D eigenvalue weighted by atomic mass is 16.7. The van der Waals surface area contributed by atoms with Gasteiger partial charge in [0.2, 0.25) is 6.79 Å². The molecule has 0 fully saturated rings. The van der Waals surface area contributed by atoms with E-state index in [1.54, 1.807) is 0 Å². The van der Waals surface area contributed by atoms with Crippen molar-refractivity contribution in [3.63, 3.8) is 0 Å². The summed E-state index contributed by atoms with van der Waals surface area (Å²) in [6.45, 7) is 3.91. The molecule has 0 saturated carbocycles. The molecule has 0 aliphatic carbocycles. The fourth-order valence-corrected chi connectivity index (χ4v) is 2.06. The number of nitrogens with zero attached hydrogens (tertiary/aromatic N) is 1. The molecule has 5 heteroatoms. The van der Waals surface area contributed by atoms with Crippen LogP contribution in [0.15, 0.2) is 36.4 Å². The lowest BCUT2D eigenvalue weighted by molar-refractivity contribution is 0.174. The van der Waals surface area contributed by atoms with Crippen LogP contribution in [0.1, 0.15) is 12.5 Å². The summed E-state index contributed by atoms with van der Waals surface area (Å²) < 4.78 is 10.7. The van der Waals surface area contributed by atoms with Gasteiger partial charge in [-0.25, -0.2) is 4.98 Å². The Balaban J connectivity index is 1.65. The van der Waals surface area contributed by atoms with Gasteiger partial charge in [0.15, 0.2) is 11.5 Å². The Labute approximate surface area is 117 Å². The Morgan fingerprint density at radius 2 is 1.85 bits per heavy atom. The zero-order valence-corrected chi connectivity index (χ0v) is 11.3. The first-order valence-corrected chi connectivity index (χ1v) is 6.68. The van der Waals surface area contributed by atoms with Crippen LogP contribution in [0.5, 0.6) is 11.5 Å². The second-order valence-electron chi connectivity index (χ2n) is 4.48. The molecule has 1 aromatic heterocycles. The van der Waals surface area contributed by atoms with Crippen LogP contribution < -0.4 is 20.1 Å². The second-order valence-corrected chi connectivity index (χ2v) is 4.48. The van der Waals surface area contributed by atoms with Crippen molar-refractivity contribution < 1.29 is 9.47 Å². The van der Waals surface area contributed by atoms with Crippen LogP contribution in [-0.2, 0) is 6.54 Å². The van der Waals surface area contributed by atoms with Crippen molar-refractivity contribution in [1.29, 1.82) is 0 Å². The lowest BCUT2D eigenvalue weighted by atomic mass is 10.2. The van der Waals surface area contributed by atoms with Crippen LogP contribution in [0.2, 0.25) is 0 Å². The molecule has 0 saturated heterocycles. The van der Waals surface area contributed by atoms with Gasteiger partial charge in [0.05, 0.1) is 0 Å². The molecule has 2 heterocycles. The Morgan fingerprint density at radius 1 is 1.05 bits per heavy atom. The third-order valence-electron chi connectivity index (χ3n) is 3.02. The van der Waals surface area contributed by atoms with Crippen LogP contribution in [-0.4, -0.2) is 18.3 Å². The van der Waals surface area contributed by atoms with Gasteiger partial charge in [-0.15, -0.1) is 0 Å². The number of aromatic nitrogens is 1. The van der Waals surface area contributed by atoms with E-state index in [-0.39, 0.29) is 0 Å². The van der Waals surface area contributed by atoms with E-state index < -0.39 is 0 Å². The fraction of sp³-hybridized carbons (Fsp3) is 0.267. The molecule has 2 N–H and O–H groups in total. The van der Waals surface area contributed by atoms with Crippen LogP contribution >= 0.6 is 0 Å². The summed E-state index contributed by atoms with van der Waals surface area (Å²) in [5.41, 5.74) is 1.13. The summed E-state index contributed by atoms with van der Waals surface area (Å²) in [6.07, 6.45) is 0. The minimum Gasteiger partial charge on any atom is -0.454 e. The van der Waals surface area contributed by atoms with Crippen molar-refractivity contribution in [3.8, 4) is 11.5 Å². The van der Waals surface area contributed by atoms with Crippen LogP contribution in [0, 0.1) is 0 Å². The van der Waals surface area contributed by atoms with Gasteiger partial charge in [0, 0.05) is 13.1 Å². The molecule has 1 aliphatic rings. The van der Waals surface area contributed by atoms with Crippen molar-refractivity contribution in [2.24, 2.45) is 0 Å². The topological polar surface area (TPSA) is 55.4 Å². The van der Waals surface area contributed by atoms with E-state index in [1.807, 2.05) is 43.3 Å². The van der Waals surface area contributed by atoms with Crippen molar-refractivity contribution in [2.75, 3.05) is 24.0 Å². The minimum absolute atomic E-state index is 0.304. The number of hydrogen-bond donors (Lipinski definition) is 2. The minimum atomic E-state index is 0.304. The number of benzene rings is 1. The molecule has 3 rings (SSSR count).